The van der Waals surface area contributed by atoms with Crippen LogP contribution < -0.4 is 4.90 Å². The molecule has 98 valence electrons. The van der Waals surface area contributed by atoms with Crippen LogP contribution in [0.2, 0.25) is 0 Å². The van der Waals surface area contributed by atoms with E-state index in [9.17, 15) is 0 Å². The zero-order valence-electron chi connectivity index (χ0n) is 11.4. The number of hydrogen-bond donors (Lipinski definition) is 1. The van der Waals surface area contributed by atoms with Gasteiger partial charge in [-0.25, -0.2) is 0 Å². The lowest BCUT2D eigenvalue weighted by Crippen LogP contribution is -2.35. The van der Waals surface area contributed by atoms with Crippen molar-refractivity contribution in [2.75, 3.05) is 11.4 Å². The van der Waals surface area contributed by atoms with Crippen LogP contribution in [0.5, 0.6) is 0 Å². The Morgan fingerprint density at radius 2 is 1.89 bits per heavy atom. The van der Waals surface area contributed by atoms with Gasteiger partial charge in [0.15, 0.2) is 0 Å². The van der Waals surface area contributed by atoms with E-state index in [-0.39, 0.29) is 0 Å². The number of rotatable bonds is 5. The molecule has 2 heteroatoms. The van der Waals surface area contributed by atoms with Gasteiger partial charge in [0.2, 0.25) is 0 Å². The minimum atomic E-state index is 0.488. The van der Waals surface area contributed by atoms with Crippen LogP contribution in [-0.4, -0.2) is 12.4 Å². The van der Waals surface area contributed by atoms with Crippen molar-refractivity contribution in [1.82, 2.24) is 0 Å². The van der Waals surface area contributed by atoms with E-state index in [1.807, 2.05) is 6.07 Å². The van der Waals surface area contributed by atoms with Crippen LogP contribution in [0.3, 0.4) is 0 Å². The summed E-state index contributed by atoms with van der Waals surface area (Å²) in [4.78, 5) is 2.22. The maximum atomic E-state index is 8.48. The summed E-state index contributed by atoms with van der Waals surface area (Å²) in [5.41, 5.74) is 1.18. The number of unbranched alkanes of at least 4 members (excludes halogenated alkanes) is 1. The highest BCUT2D eigenvalue weighted by molar-refractivity contribution is 5.97. The minimum Gasteiger partial charge on any atom is -0.330 e. The molecule has 0 atom stereocenters. The van der Waals surface area contributed by atoms with Gasteiger partial charge >= 0.3 is 0 Å². The summed E-state index contributed by atoms with van der Waals surface area (Å²) < 4.78 is 0. The van der Waals surface area contributed by atoms with Crippen LogP contribution in [-0.2, 0) is 0 Å². The molecule has 0 aromatic heterocycles. The van der Waals surface area contributed by atoms with Crippen LogP contribution in [0.4, 0.5) is 5.69 Å². The van der Waals surface area contributed by atoms with Gasteiger partial charge in [0.1, 0.15) is 5.84 Å². The number of hydrogen-bond acceptors (Lipinski definition) is 1. The molecule has 0 heterocycles. The van der Waals surface area contributed by atoms with E-state index < -0.39 is 0 Å². The van der Waals surface area contributed by atoms with Crippen LogP contribution >= 0.6 is 0 Å². The normalized spacial score (nSPS) is 15.8. The zero-order valence-corrected chi connectivity index (χ0v) is 11.4. The fourth-order valence-corrected chi connectivity index (χ4v) is 2.73. The molecule has 2 rings (SSSR count). The Kier molecular flexibility index (Phi) is 4.80. The van der Waals surface area contributed by atoms with E-state index in [4.69, 9.17) is 5.41 Å². The highest BCUT2D eigenvalue weighted by Crippen LogP contribution is 2.29. The highest BCUT2D eigenvalue weighted by atomic mass is 15.2. The molecule has 18 heavy (non-hydrogen) atoms. The van der Waals surface area contributed by atoms with Crippen LogP contribution in [0, 0.1) is 11.3 Å². The number of benzene rings is 1. The topological polar surface area (TPSA) is 27.1 Å². The molecule has 2 nitrogen and oxygen atoms in total. The molecule has 1 fully saturated rings. The molecule has 1 aliphatic carbocycles. The van der Waals surface area contributed by atoms with E-state index in [0.29, 0.717) is 5.92 Å². The molecule has 0 unspecified atom stereocenters. The molecule has 0 amide bonds. The largest absolute Gasteiger partial charge is 0.330 e. The summed E-state index contributed by atoms with van der Waals surface area (Å²) in [5, 5.41) is 8.48. The lowest BCUT2D eigenvalue weighted by atomic mass is 10.1. The maximum absolute atomic E-state index is 8.48. The second-order valence-electron chi connectivity index (χ2n) is 5.21. The average Bonchev–Trinajstić information content (AvgIpc) is 2.94. The third kappa shape index (κ3) is 3.12. The van der Waals surface area contributed by atoms with E-state index in [0.717, 1.165) is 18.8 Å². The summed E-state index contributed by atoms with van der Waals surface area (Å²) in [5.74, 6) is 1.33. The van der Waals surface area contributed by atoms with Gasteiger partial charge in [-0.1, -0.05) is 44.4 Å². The van der Waals surface area contributed by atoms with Crippen molar-refractivity contribution >= 4 is 11.5 Å². The van der Waals surface area contributed by atoms with Crippen molar-refractivity contribution in [3.63, 3.8) is 0 Å². The van der Waals surface area contributed by atoms with E-state index in [2.05, 4.69) is 36.1 Å². The Hall–Kier alpha value is -1.31. The quantitative estimate of drug-likeness (QED) is 0.601. The molecule has 0 aliphatic heterocycles. The first-order chi connectivity index (χ1) is 8.83. The lowest BCUT2D eigenvalue weighted by molar-refractivity contribution is 0.690. The number of anilines is 1. The molecular weight excluding hydrogens is 220 g/mol. The third-order valence-corrected chi connectivity index (χ3v) is 3.84. The van der Waals surface area contributed by atoms with Crippen molar-refractivity contribution < 1.29 is 0 Å². The SMILES string of the molecule is CCCCN(C(=N)C1CCCC1)c1ccccc1. The first-order valence-electron chi connectivity index (χ1n) is 7.24. The molecule has 0 spiro atoms. The highest BCUT2D eigenvalue weighted by Gasteiger charge is 2.24. The van der Waals surface area contributed by atoms with Gasteiger partial charge in [-0.2, -0.15) is 0 Å². The van der Waals surface area contributed by atoms with Gasteiger partial charge in [0.25, 0.3) is 0 Å². The Balaban J connectivity index is 2.11. The molecule has 1 aliphatic rings. The third-order valence-electron chi connectivity index (χ3n) is 3.84. The summed E-state index contributed by atoms with van der Waals surface area (Å²) in [6.07, 6.45) is 7.33. The van der Waals surface area contributed by atoms with Gasteiger partial charge in [0, 0.05) is 18.2 Å². The Morgan fingerprint density at radius 3 is 2.50 bits per heavy atom. The maximum Gasteiger partial charge on any atom is 0.103 e. The fraction of sp³-hybridized carbons (Fsp3) is 0.562. The smallest absolute Gasteiger partial charge is 0.103 e. The summed E-state index contributed by atoms with van der Waals surface area (Å²) in [6.45, 7) is 3.19. The Bertz CT molecular complexity index is 366. The monoisotopic (exact) mass is 244 g/mol. The average molecular weight is 244 g/mol. The van der Waals surface area contributed by atoms with Gasteiger partial charge < -0.3 is 4.90 Å². The van der Waals surface area contributed by atoms with Crippen LogP contribution in [0.25, 0.3) is 0 Å². The predicted molar refractivity (Wildman–Crippen MR) is 78.4 cm³/mol. The first kappa shape index (κ1) is 13.1. The Labute approximate surface area is 111 Å². The number of para-hydroxylation sites is 1. The molecular formula is C16H24N2. The minimum absolute atomic E-state index is 0.488. The molecule has 1 aromatic carbocycles. The fourth-order valence-electron chi connectivity index (χ4n) is 2.73. The zero-order chi connectivity index (χ0) is 12.8. The van der Waals surface area contributed by atoms with Crippen molar-refractivity contribution in [1.29, 1.82) is 5.41 Å². The summed E-state index contributed by atoms with van der Waals surface area (Å²) in [6, 6.07) is 10.4. The van der Waals surface area contributed by atoms with Crippen molar-refractivity contribution in [2.45, 2.75) is 45.4 Å². The van der Waals surface area contributed by atoms with Crippen molar-refractivity contribution in [3.8, 4) is 0 Å². The van der Waals surface area contributed by atoms with E-state index >= 15 is 0 Å². The number of amidine groups is 1. The second-order valence-corrected chi connectivity index (χ2v) is 5.21. The van der Waals surface area contributed by atoms with Crippen molar-refractivity contribution in [3.05, 3.63) is 30.3 Å². The summed E-state index contributed by atoms with van der Waals surface area (Å²) in [7, 11) is 0. The first-order valence-corrected chi connectivity index (χ1v) is 7.24. The van der Waals surface area contributed by atoms with Crippen LogP contribution in [0.1, 0.15) is 45.4 Å². The van der Waals surface area contributed by atoms with Crippen LogP contribution in [0.15, 0.2) is 30.3 Å². The van der Waals surface area contributed by atoms with Gasteiger partial charge in [-0.05, 0) is 31.4 Å². The Morgan fingerprint density at radius 1 is 1.22 bits per heavy atom. The molecule has 0 radical (unpaired) electrons. The molecule has 1 aromatic rings. The van der Waals surface area contributed by atoms with E-state index in [1.165, 1.54) is 37.8 Å². The number of nitrogens with zero attached hydrogens (tertiary/aromatic N) is 1. The number of nitrogens with one attached hydrogen (secondary N) is 1. The van der Waals surface area contributed by atoms with Gasteiger partial charge in [-0.15, -0.1) is 0 Å². The molecule has 0 saturated heterocycles. The molecule has 0 bridgehead atoms. The molecule has 1 saturated carbocycles. The summed E-state index contributed by atoms with van der Waals surface area (Å²) >= 11 is 0. The lowest BCUT2D eigenvalue weighted by Gasteiger charge is -2.28. The van der Waals surface area contributed by atoms with Crippen molar-refractivity contribution in [2.24, 2.45) is 5.92 Å². The second kappa shape index (κ2) is 6.58. The van der Waals surface area contributed by atoms with Gasteiger partial charge in [0.05, 0.1) is 0 Å². The van der Waals surface area contributed by atoms with Gasteiger partial charge in [-0.3, -0.25) is 5.41 Å². The van der Waals surface area contributed by atoms with E-state index in [1.54, 1.807) is 0 Å². The standard InChI is InChI=1S/C16H24N2/c1-2-3-13-18(15-11-5-4-6-12-15)16(17)14-9-7-8-10-14/h4-6,11-12,14,17H,2-3,7-10,13H2,1H3. The predicted octanol–water partition coefficient (Wildman–Crippen LogP) is 4.46. The molecule has 1 N–H and O–H groups in total.